The molecule has 6 heteroatoms. The summed E-state index contributed by atoms with van der Waals surface area (Å²) in [5.41, 5.74) is 3.44. The topological polar surface area (TPSA) is 58.1 Å². The third-order valence-corrected chi connectivity index (χ3v) is 4.35. The zero-order chi connectivity index (χ0) is 17.2. The van der Waals surface area contributed by atoms with Crippen molar-refractivity contribution in [1.29, 1.82) is 0 Å². The maximum absolute atomic E-state index is 12.3. The van der Waals surface area contributed by atoms with E-state index in [1.165, 1.54) is 5.56 Å². The monoisotopic (exact) mass is 350 g/mol. The first-order valence-electron chi connectivity index (χ1n) is 7.95. The zero-order valence-corrected chi connectivity index (χ0v) is 14.1. The van der Waals surface area contributed by atoms with Crippen molar-refractivity contribution in [2.24, 2.45) is 0 Å². The highest BCUT2D eigenvalue weighted by Crippen LogP contribution is 2.31. The van der Waals surface area contributed by atoms with Crippen molar-refractivity contribution < 1.29 is 4.79 Å². The van der Waals surface area contributed by atoms with Gasteiger partial charge < -0.3 is 10.2 Å². The second-order valence-electron chi connectivity index (χ2n) is 5.77. The summed E-state index contributed by atoms with van der Waals surface area (Å²) in [5, 5.41) is 3.35. The van der Waals surface area contributed by atoms with E-state index in [-0.39, 0.29) is 5.91 Å². The summed E-state index contributed by atoms with van der Waals surface area (Å²) in [6, 6.07) is 15.2. The van der Waals surface area contributed by atoms with Crippen LogP contribution >= 0.6 is 11.6 Å². The molecule has 1 amide bonds. The fourth-order valence-corrected chi connectivity index (χ4v) is 3.08. The average molecular weight is 351 g/mol. The molecule has 1 aliphatic heterocycles. The number of nitrogens with one attached hydrogen (secondary N) is 1. The van der Waals surface area contributed by atoms with Crippen LogP contribution in [0.5, 0.6) is 0 Å². The second-order valence-corrected chi connectivity index (χ2v) is 6.20. The van der Waals surface area contributed by atoms with Crippen molar-refractivity contribution in [1.82, 2.24) is 9.97 Å². The summed E-state index contributed by atoms with van der Waals surface area (Å²) in [6.45, 7) is 0.841. The molecule has 0 radical (unpaired) electrons. The molecule has 0 unspecified atom stereocenters. The number of hydrogen-bond donors (Lipinski definition) is 1. The number of carbonyl (C=O) groups excluding carboxylic acids is 1. The van der Waals surface area contributed by atoms with Crippen LogP contribution in [0.25, 0.3) is 0 Å². The standard InChI is InChI=1S/C19H15ClN4O/c20-15-5-3-6-16(10-15)23-18(25)14-11-21-19(22-12-14)24-9-8-13-4-1-2-7-17(13)24/h1-7,10-12H,8-9H2,(H,23,25). The van der Waals surface area contributed by atoms with Crippen molar-refractivity contribution >= 4 is 34.8 Å². The van der Waals surface area contributed by atoms with Crippen molar-refractivity contribution in [2.75, 3.05) is 16.8 Å². The van der Waals surface area contributed by atoms with Crippen LogP contribution in [0.4, 0.5) is 17.3 Å². The highest BCUT2D eigenvalue weighted by molar-refractivity contribution is 6.30. The van der Waals surface area contributed by atoms with E-state index in [2.05, 4.69) is 32.3 Å². The summed E-state index contributed by atoms with van der Waals surface area (Å²) in [7, 11) is 0. The van der Waals surface area contributed by atoms with Gasteiger partial charge in [-0.1, -0.05) is 35.9 Å². The highest BCUT2D eigenvalue weighted by Gasteiger charge is 2.22. The minimum Gasteiger partial charge on any atom is -0.322 e. The van der Waals surface area contributed by atoms with Crippen LogP contribution in [0.1, 0.15) is 15.9 Å². The molecule has 0 spiro atoms. The fourth-order valence-electron chi connectivity index (χ4n) is 2.89. The van der Waals surface area contributed by atoms with Crippen molar-refractivity contribution in [2.45, 2.75) is 6.42 Å². The Labute approximate surface area is 150 Å². The Kier molecular flexibility index (Phi) is 4.07. The number of rotatable bonds is 3. The normalized spacial score (nSPS) is 12.8. The lowest BCUT2D eigenvalue weighted by Crippen LogP contribution is -2.18. The van der Waals surface area contributed by atoms with Gasteiger partial charge in [-0.3, -0.25) is 4.79 Å². The van der Waals surface area contributed by atoms with Gasteiger partial charge in [0, 0.05) is 35.3 Å². The van der Waals surface area contributed by atoms with Crippen LogP contribution in [0.15, 0.2) is 60.9 Å². The Hall–Kier alpha value is -2.92. The SMILES string of the molecule is O=C(Nc1cccc(Cl)c1)c1cnc(N2CCc3ccccc32)nc1. The molecule has 0 saturated heterocycles. The van der Waals surface area contributed by atoms with Gasteiger partial charge in [0.05, 0.1) is 5.56 Å². The molecule has 0 saturated carbocycles. The summed E-state index contributed by atoms with van der Waals surface area (Å²) in [6.07, 6.45) is 4.06. The zero-order valence-electron chi connectivity index (χ0n) is 13.3. The van der Waals surface area contributed by atoms with Crippen LogP contribution in [-0.4, -0.2) is 22.4 Å². The van der Waals surface area contributed by atoms with Gasteiger partial charge in [-0.15, -0.1) is 0 Å². The number of carbonyl (C=O) groups is 1. The van der Waals surface area contributed by atoms with E-state index in [1.807, 2.05) is 12.1 Å². The quantitative estimate of drug-likeness (QED) is 0.773. The Bertz CT molecular complexity index is 927. The largest absolute Gasteiger partial charge is 0.322 e. The molecule has 0 fully saturated rings. The van der Waals surface area contributed by atoms with Gasteiger partial charge in [-0.25, -0.2) is 9.97 Å². The molecular formula is C19H15ClN4O. The minimum absolute atomic E-state index is 0.268. The van der Waals surface area contributed by atoms with Gasteiger partial charge in [0.15, 0.2) is 0 Å². The fraction of sp³-hybridized carbons (Fsp3) is 0.105. The molecule has 25 heavy (non-hydrogen) atoms. The maximum Gasteiger partial charge on any atom is 0.258 e. The van der Waals surface area contributed by atoms with E-state index >= 15 is 0 Å². The van der Waals surface area contributed by atoms with Crippen LogP contribution in [0.3, 0.4) is 0 Å². The summed E-state index contributed by atoms with van der Waals surface area (Å²) in [5.74, 6) is 0.333. The van der Waals surface area contributed by atoms with Gasteiger partial charge in [0.1, 0.15) is 0 Å². The third kappa shape index (κ3) is 3.19. The van der Waals surface area contributed by atoms with Gasteiger partial charge >= 0.3 is 0 Å². The molecular weight excluding hydrogens is 336 g/mol. The lowest BCUT2D eigenvalue weighted by Gasteiger charge is -2.16. The van der Waals surface area contributed by atoms with Crippen LogP contribution in [-0.2, 0) is 6.42 Å². The Morgan fingerprint density at radius 1 is 1.08 bits per heavy atom. The number of para-hydroxylation sites is 1. The minimum atomic E-state index is -0.268. The Morgan fingerprint density at radius 2 is 1.88 bits per heavy atom. The van der Waals surface area contributed by atoms with E-state index < -0.39 is 0 Å². The number of nitrogens with zero attached hydrogens (tertiary/aromatic N) is 3. The number of aromatic nitrogens is 2. The molecule has 1 aliphatic rings. The molecule has 2 heterocycles. The summed E-state index contributed by atoms with van der Waals surface area (Å²) in [4.78, 5) is 23.1. The first kappa shape index (κ1) is 15.6. The van der Waals surface area contributed by atoms with Crippen LogP contribution in [0, 0.1) is 0 Å². The first-order chi connectivity index (χ1) is 12.2. The van der Waals surface area contributed by atoms with Crippen molar-refractivity contribution in [3.63, 3.8) is 0 Å². The number of amides is 1. The van der Waals surface area contributed by atoms with Crippen molar-refractivity contribution in [3.8, 4) is 0 Å². The number of fused-ring (bicyclic) bond motifs is 1. The maximum atomic E-state index is 12.3. The molecule has 4 rings (SSSR count). The van der Waals surface area contributed by atoms with Gasteiger partial charge in [-0.2, -0.15) is 0 Å². The molecule has 5 nitrogen and oxygen atoms in total. The molecule has 0 aliphatic carbocycles. The molecule has 1 aromatic heterocycles. The van der Waals surface area contributed by atoms with E-state index in [0.29, 0.717) is 22.2 Å². The smallest absolute Gasteiger partial charge is 0.258 e. The molecule has 3 aromatic rings. The number of benzene rings is 2. The molecule has 0 atom stereocenters. The summed E-state index contributed by atoms with van der Waals surface area (Å²) < 4.78 is 0. The van der Waals surface area contributed by atoms with Crippen molar-refractivity contribution in [3.05, 3.63) is 77.1 Å². The van der Waals surface area contributed by atoms with Gasteiger partial charge in [-0.05, 0) is 36.2 Å². The molecule has 0 bridgehead atoms. The van der Waals surface area contributed by atoms with Gasteiger partial charge in [0.2, 0.25) is 5.95 Å². The predicted molar refractivity (Wildman–Crippen MR) is 98.6 cm³/mol. The molecule has 1 N–H and O–H groups in total. The Morgan fingerprint density at radius 3 is 2.68 bits per heavy atom. The molecule has 2 aromatic carbocycles. The number of anilines is 3. The predicted octanol–water partition coefficient (Wildman–Crippen LogP) is 4.08. The Balaban J connectivity index is 1.52. The lowest BCUT2D eigenvalue weighted by atomic mass is 10.2. The second kappa shape index (κ2) is 6.53. The average Bonchev–Trinajstić information content (AvgIpc) is 3.06. The number of halogens is 1. The van der Waals surface area contributed by atoms with Crippen LogP contribution < -0.4 is 10.2 Å². The van der Waals surface area contributed by atoms with E-state index in [0.717, 1.165) is 18.7 Å². The third-order valence-electron chi connectivity index (χ3n) is 4.11. The molecule has 124 valence electrons. The van der Waals surface area contributed by atoms with Gasteiger partial charge in [0.25, 0.3) is 5.91 Å². The number of hydrogen-bond acceptors (Lipinski definition) is 4. The summed E-state index contributed by atoms with van der Waals surface area (Å²) >= 11 is 5.93. The van der Waals surface area contributed by atoms with E-state index in [9.17, 15) is 4.79 Å². The highest BCUT2D eigenvalue weighted by atomic mass is 35.5. The first-order valence-corrected chi connectivity index (χ1v) is 8.33. The van der Waals surface area contributed by atoms with E-state index in [4.69, 9.17) is 11.6 Å². The van der Waals surface area contributed by atoms with E-state index in [1.54, 1.807) is 36.7 Å². The van der Waals surface area contributed by atoms with Crippen LogP contribution in [0.2, 0.25) is 5.02 Å². The lowest BCUT2D eigenvalue weighted by molar-refractivity contribution is 0.102.